The fourth-order valence-corrected chi connectivity index (χ4v) is 2.68. The summed E-state index contributed by atoms with van der Waals surface area (Å²) in [7, 11) is 0. The molecule has 1 unspecified atom stereocenters. The fraction of sp³-hybridized carbons (Fsp3) is 0.615. The maximum atomic E-state index is 10.8. The number of carbonyl (C=O) groups is 3. The average molecular weight is 587 g/mol. The quantitative estimate of drug-likeness (QED) is 0.338. The predicted molar refractivity (Wildman–Crippen MR) is 189 cm³/mol. The van der Waals surface area contributed by atoms with E-state index in [-0.39, 0.29) is 28.8 Å². The summed E-state index contributed by atoms with van der Waals surface area (Å²) in [6.45, 7) is 33.1. The largest absolute Gasteiger partial charge is 0.300 e. The van der Waals surface area contributed by atoms with Gasteiger partial charge in [0.25, 0.3) is 0 Å². The number of hydrogen-bond donors (Lipinski definition) is 0. The number of carbonyl (C=O) groups excluding carboxylic acids is 3. The van der Waals surface area contributed by atoms with Gasteiger partial charge in [-0.2, -0.15) is 0 Å². The van der Waals surface area contributed by atoms with Gasteiger partial charge in [0.05, 0.1) is 0 Å². The van der Waals surface area contributed by atoms with E-state index in [9.17, 15) is 14.4 Å². The molecular weight excluding hydrogens is 516 g/mol. The zero-order chi connectivity index (χ0) is 34.3. The first kappa shape index (κ1) is 49.1. The van der Waals surface area contributed by atoms with E-state index in [1.807, 2.05) is 59.7 Å². The Morgan fingerprint density at radius 3 is 1.26 bits per heavy atom. The molecule has 0 saturated heterocycles. The van der Waals surface area contributed by atoms with Crippen molar-refractivity contribution >= 4 is 17.3 Å². The molecular formula is C39H70O3. The normalized spacial score (nSPS) is 10.5. The van der Waals surface area contributed by atoms with Gasteiger partial charge in [0.2, 0.25) is 0 Å². The minimum absolute atomic E-state index is 0.131. The lowest BCUT2D eigenvalue weighted by Gasteiger charge is -2.24. The van der Waals surface area contributed by atoms with Gasteiger partial charge in [-0.05, 0) is 65.4 Å². The maximum Gasteiger partial charge on any atom is 0.133 e. The summed E-state index contributed by atoms with van der Waals surface area (Å²) in [6.07, 6.45) is 4.57. The van der Waals surface area contributed by atoms with Crippen LogP contribution >= 0.6 is 0 Å². The van der Waals surface area contributed by atoms with E-state index in [0.717, 1.165) is 12.8 Å². The second-order valence-electron chi connectivity index (χ2n) is 11.3. The molecule has 244 valence electrons. The van der Waals surface area contributed by atoms with E-state index >= 15 is 0 Å². The summed E-state index contributed by atoms with van der Waals surface area (Å²) in [4.78, 5) is 30.9. The Kier molecular flexibility index (Phi) is 38.6. The van der Waals surface area contributed by atoms with Gasteiger partial charge in [-0.25, -0.2) is 0 Å². The van der Waals surface area contributed by atoms with E-state index in [1.54, 1.807) is 13.8 Å². The summed E-state index contributed by atoms with van der Waals surface area (Å²) in [6, 6.07) is 18.9. The summed E-state index contributed by atoms with van der Waals surface area (Å²) in [5.74, 6) is 1.23. The van der Waals surface area contributed by atoms with Crippen LogP contribution in [0.25, 0.3) is 0 Å². The third kappa shape index (κ3) is 39.6. The maximum absolute atomic E-state index is 10.8. The molecule has 0 heterocycles. The minimum atomic E-state index is 0.131. The van der Waals surface area contributed by atoms with Gasteiger partial charge < -0.3 is 4.79 Å². The van der Waals surface area contributed by atoms with Crippen LogP contribution in [0.5, 0.6) is 0 Å². The molecule has 2 aromatic rings. The van der Waals surface area contributed by atoms with Crippen molar-refractivity contribution in [2.24, 2.45) is 17.3 Å². The third-order valence-electron chi connectivity index (χ3n) is 6.06. The topological polar surface area (TPSA) is 51.2 Å². The van der Waals surface area contributed by atoms with Gasteiger partial charge in [-0.3, -0.25) is 9.59 Å². The van der Waals surface area contributed by atoms with Crippen molar-refractivity contribution in [2.45, 2.75) is 143 Å². The molecule has 0 radical (unpaired) electrons. The van der Waals surface area contributed by atoms with Crippen molar-refractivity contribution in [3.63, 3.8) is 0 Å². The number of aryl methyl sites for hydroxylation is 3. The standard InChI is InChI=1S/C9H12.2C8H16O.C7H8.C3H6O.2C2H6/c1-3-9-6-4-8(2)5-7-9;1-6(7(2)9)8(3,4)5;1-4-5-6-7(2)8(3)9;1-7-5-3-2-4-6-7;1-3(2)4;2*1-2/h4-7H,3H2,1-2H3;6H,1-5H3;7H,4-6H2,1-3H3;2-6H,1H3;1-2H3;2*1-2H3/t;;7-;;;;/m..0..../s1. The Bertz CT molecular complexity index is 855. The fourth-order valence-electron chi connectivity index (χ4n) is 2.68. The lowest BCUT2D eigenvalue weighted by molar-refractivity contribution is -0.123. The van der Waals surface area contributed by atoms with Crippen molar-refractivity contribution in [3.05, 3.63) is 71.3 Å². The number of benzene rings is 2. The highest BCUT2D eigenvalue weighted by molar-refractivity contribution is 5.78. The summed E-state index contributed by atoms with van der Waals surface area (Å²) >= 11 is 0. The second kappa shape index (κ2) is 33.0. The first-order chi connectivity index (χ1) is 19.5. The Morgan fingerprint density at radius 1 is 0.667 bits per heavy atom. The smallest absolute Gasteiger partial charge is 0.133 e. The number of ketones is 3. The molecule has 2 aromatic carbocycles. The zero-order valence-electron chi connectivity index (χ0n) is 30.9. The molecule has 2 atom stereocenters. The number of Topliss-reactive ketones (excluding diaryl/α,β-unsaturated/α-hetero) is 3. The number of hydrogen-bond acceptors (Lipinski definition) is 3. The monoisotopic (exact) mass is 587 g/mol. The summed E-state index contributed by atoms with van der Waals surface area (Å²) in [5.41, 5.74) is 4.21. The predicted octanol–water partition coefficient (Wildman–Crippen LogP) is 11.9. The zero-order valence-corrected chi connectivity index (χ0v) is 30.9. The molecule has 0 N–H and O–H groups in total. The second-order valence-corrected chi connectivity index (χ2v) is 11.3. The lowest BCUT2D eigenvalue weighted by atomic mass is 9.80. The van der Waals surface area contributed by atoms with E-state index in [4.69, 9.17) is 0 Å². The molecule has 0 aliphatic heterocycles. The van der Waals surface area contributed by atoms with Crippen molar-refractivity contribution in [3.8, 4) is 0 Å². The van der Waals surface area contributed by atoms with Crippen molar-refractivity contribution in [1.82, 2.24) is 0 Å². The highest BCUT2D eigenvalue weighted by atomic mass is 16.1. The SMILES string of the molecule is CC.CC.CC(=O)C(C)C(C)(C)C.CC(C)=O.CCCC[C@H](C)C(C)=O.CCc1ccc(C)cc1.Cc1ccccc1. The van der Waals surface area contributed by atoms with Gasteiger partial charge in [0.15, 0.2) is 0 Å². The molecule has 0 saturated carbocycles. The van der Waals surface area contributed by atoms with Gasteiger partial charge in [0.1, 0.15) is 17.3 Å². The Hall–Kier alpha value is -2.55. The van der Waals surface area contributed by atoms with Gasteiger partial charge >= 0.3 is 0 Å². The van der Waals surface area contributed by atoms with Gasteiger partial charge in [-0.15, -0.1) is 0 Å². The highest BCUT2D eigenvalue weighted by Gasteiger charge is 2.23. The van der Waals surface area contributed by atoms with Crippen LogP contribution in [0.3, 0.4) is 0 Å². The summed E-state index contributed by atoms with van der Waals surface area (Å²) in [5, 5.41) is 0. The van der Waals surface area contributed by atoms with Gasteiger partial charge in [-0.1, -0.05) is 155 Å². The molecule has 2 rings (SSSR count). The van der Waals surface area contributed by atoms with Crippen molar-refractivity contribution in [2.75, 3.05) is 0 Å². The average Bonchev–Trinajstić information content (AvgIpc) is 2.94. The lowest BCUT2D eigenvalue weighted by Crippen LogP contribution is -2.23. The molecule has 42 heavy (non-hydrogen) atoms. The molecule has 0 aromatic heterocycles. The Morgan fingerprint density at radius 2 is 1.05 bits per heavy atom. The van der Waals surface area contributed by atoms with Crippen LogP contribution in [0, 0.1) is 31.1 Å². The van der Waals surface area contributed by atoms with Crippen molar-refractivity contribution in [1.29, 1.82) is 0 Å². The van der Waals surface area contributed by atoms with Crippen LogP contribution in [-0.2, 0) is 20.8 Å². The van der Waals surface area contributed by atoms with E-state index < -0.39 is 0 Å². The third-order valence-corrected chi connectivity index (χ3v) is 6.06. The van der Waals surface area contributed by atoms with Crippen LogP contribution < -0.4 is 0 Å². The molecule has 0 aliphatic rings. The molecule has 0 aliphatic carbocycles. The molecule has 3 nitrogen and oxygen atoms in total. The highest BCUT2D eigenvalue weighted by Crippen LogP contribution is 2.25. The molecule has 3 heteroatoms. The first-order valence-electron chi connectivity index (χ1n) is 16.0. The van der Waals surface area contributed by atoms with Crippen LogP contribution in [-0.4, -0.2) is 17.3 Å². The van der Waals surface area contributed by atoms with Crippen LogP contribution in [0.1, 0.15) is 140 Å². The van der Waals surface area contributed by atoms with Gasteiger partial charge in [0, 0.05) is 11.8 Å². The minimum Gasteiger partial charge on any atom is -0.300 e. The first-order valence-corrected chi connectivity index (χ1v) is 16.0. The van der Waals surface area contributed by atoms with E-state index in [0.29, 0.717) is 5.78 Å². The van der Waals surface area contributed by atoms with E-state index in [1.165, 1.54) is 43.4 Å². The molecule has 0 spiro atoms. The molecule has 0 fully saturated rings. The Labute approximate surface area is 263 Å². The Balaban J connectivity index is -0.000000134. The van der Waals surface area contributed by atoms with Crippen molar-refractivity contribution < 1.29 is 14.4 Å². The van der Waals surface area contributed by atoms with E-state index in [2.05, 4.69) is 84.9 Å². The summed E-state index contributed by atoms with van der Waals surface area (Å²) < 4.78 is 0. The molecule has 0 bridgehead atoms. The number of rotatable bonds is 6. The molecule has 0 amide bonds. The van der Waals surface area contributed by atoms with Crippen LogP contribution in [0.15, 0.2) is 54.6 Å². The van der Waals surface area contributed by atoms with Crippen LogP contribution in [0.2, 0.25) is 0 Å². The number of unbranched alkanes of at least 4 members (excludes halogenated alkanes) is 1. The van der Waals surface area contributed by atoms with Crippen LogP contribution in [0.4, 0.5) is 0 Å².